The molecular formula is C115H150. The molecule has 0 spiro atoms. The van der Waals surface area contributed by atoms with E-state index in [4.69, 9.17) is 0 Å². The topological polar surface area (TPSA) is 0 Å². The van der Waals surface area contributed by atoms with E-state index in [1.807, 2.05) is 0 Å². The molecule has 0 aliphatic carbocycles. The highest BCUT2D eigenvalue weighted by molar-refractivity contribution is 5.90. The molecule has 0 radical (unpaired) electrons. The summed E-state index contributed by atoms with van der Waals surface area (Å²) in [5.74, 6) is 1.60. The lowest BCUT2D eigenvalue weighted by Gasteiger charge is -2.26. The molecule has 115 heavy (non-hydrogen) atoms. The van der Waals surface area contributed by atoms with Crippen molar-refractivity contribution < 1.29 is 0 Å². The summed E-state index contributed by atoms with van der Waals surface area (Å²) in [6, 6.07) is 80.5. The van der Waals surface area contributed by atoms with E-state index in [2.05, 4.69) is 475 Å². The summed E-state index contributed by atoms with van der Waals surface area (Å²) >= 11 is 0. The van der Waals surface area contributed by atoms with Gasteiger partial charge in [0, 0.05) is 0 Å². The van der Waals surface area contributed by atoms with Crippen LogP contribution < -0.4 is 0 Å². The molecule has 0 aliphatic rings. The molecule has 0 aromatic heterocycles. The molecule has 0 heterocycles. The zero-order valence-corrected chi connectivity index (χ0v) is 79.0. The molecule has 12 aromatic rings. The Morgan fingerprint density at radius 3 is 1.00 bits per heavy atom. The second-order valence-electron chi connectivity index (χ2n) is 41.4. The fourth-order valence-corrected chi connectivity index (χ4v) is 17.1. The fraction of sp³-hybridized carbons (Fsp3) is 0.409. The third kappa shape index (κ3) is 23.7. The Morgan fingerprint density at radius 2 is 0.539 bits per heavy atom. The molecule has 0 N–H and O–H groups in total. The van der Waals surface area contributed by atoms with Crippen LogP contribution in [0.2, 0.25) is 0 Å². The van der Waals surface area contributed by atoms with Gasteiger partial charge in [0.1, 0.15) is 0 Å². The lowest BCUT2D eigenvalue weighted by molar-refractivity contribution is 0.585. The van der Waals surface area contributed by atoms with Crippen LogP contribution >= 0.6 is 0 Å². The molecule has 0 fully saturated rings. The van der Waals surface area contributed by atoms with E-state index in [1.165, 1.54) is 177 Å². The first-order valence-corrected chi connectivity index (χ1v) is 43.0. The number of fused-ring (bicyclic) bond motifs is 2. The summed E-state index contributed by atoms with van der Waals surface area (Å²) in [5.41, 5.74) is 40.6. The summed E-state index contributed by atoms with van der Waals surface area (Å²) in [6.45, 7) is 83.9. The van der Waals surface area contributed by atoms with Crippen LogP contribution in [0.3, 0.4) is 0 Å². The Kier molecular flexibility index (Phi) is 30.5. The van der Waals surface area contributed by atoms with Crippen molar-refractivity contribution in [1.82, 2.24) is 0 Å². The highest BCUT2D eigenvalue weighted by Gasteiger charge is 2.27. The Labute approximate surface area is 702 Å². The van der Waals surface area contributed by atoms with E-state index < -0.39 is 0 Å². The standard InChI is InChI=1S/C24H34.C21H28.C20H26.C19H24.C16H20.C15H18/c1-15(2)20-11-10-12-21(16(3)4)23(20)19-13-17(5)18(6)22(14-19)24(7,8)9;1-15-12-13-16(14-19(15)21(5,6)7)17-10-8-9-11-18(17)20(2,3)4;1-14(2)17-9-7-8-10-18(17)16-12-11-15(3)19(13-16)20(4,5)6;1-13-10-11-16(12-17(13)19(4,5)6)18-14(2)8-7-9-15(18)3;1-11-10-15(16(3,4)5)12(2)14-9-7-6-8-13(11)14;1-11-13-8-6-5-7-12(13)9-10-14(11)15(2,3)4/h10-16H,1-9H3;8-14H,1-7H3;7-14H,1-6H3;7-12H,1-6H3;6-10H,1-5H3;5-10H,1-4H3. The van der Waals surface area contributed by atoms with Crippen molar-refractivity contribution >= 4 is 21.5 Å². The Hall–Kier alpha value is -8.84. The minimum Gasteiger partial charge on any atom is -0.0619 e. The monoisotopic (exact) mass is 1530 g/mol. The lowest BCUT2D eigenvalue weighted by atomic mass is 9.78. The summed E-state index contributed by atoms with van der Waals surface area (Å²) in [7, 11) is 0. The molecule has 12 aromatic carbocycles. The van der Waals surface area contributed by atoms with Crippen molar-refractivity contribution in [1.29, 1.82) is 0 Å². The minimum absolute atomic E-state index is 0.156. The predicted octanol–water partition coefficient (Wildman–Crippen LogP) is 34.6. The minimum atomic E-state index is 0.156. The smallest absolute Gasteiger partial charge is 0.0114 e. The van der Waals surface area contributed by atoms with Crippen LogP contribution in [-0.2, 0) is 37.9 Å². The molecule has 0 amide bonds. The zero-order chi connectivity index (χ0) is 86.2. The number of rotatable bonds is 7. The van der Waals surface area contributed by atoms with Crippen molar-refractivity contribution in [2.24, 2.45) is 0 Å². The summed E-state index contributed by atoms with van der Waals surface area (Å²) in [6.07, 6.45) is 0. The molecule has 0 unspecified atom stereocenters. The molecular weight excluding hydrogens is 1380 g/mol. The van der Waals surface area contributed by atoms with Crippen LogP contribution in [0, 0.1) is 69.2 Å². The average molecular weight is 1530 g/mol. The highest BCUT2D eigenvalue weighted by atomic mass is 14.3. The normalized spacial score (nSPS) is 12.1. The number of hydrogen-bond acceptors (Lipinski definition) is 0. The largest absolute Gasteiger partial charge is 0.0619 e. The molecule has 0 atom stereocenters. The Bertz CT molecular complexity index is 5230. The molecule has 0 aliphatic heterocycles. The molecule has 0 heteroatoms. The first kappa shape index (κ1) is 93.3. The van der Waals surface area contributed by atoms with Gasteiger partial charge in [-0.1, -0.05) is 405 Å². The molecule has 610 valence electrons. The van der Waals surface area contributed by atoms with E-state index in [9.17, 15) is 0 Å². The molecule has 12 rings (SSSR count). The van der Waals surface area contributed by atoms with Gasteiger partial charge in [0.05, 0.1) is 0 Å². The zero-order valence-electron chi connectivity index (χ0n) is 79.0. The fourth-order valence-electron chi connectivity index (χ4n) is 17.1. The molecule has 0 nitrogen and oxygen atoms in total. The van der Waals surface area contributed by atoms with Gasteiger partial charge in [-0.25, -0.2) is 0 Å². The summed E-state index contributed by atoms with van der Waals surface area (Å²) in [5, 5.41) is 5.49. The van der Waals surface area contributed by atoms with Crippen LogP contribution in [0.15, 0.2) is 218 Å². The van der Waals surface area contributed by atoms with E-state index >= 15 is 0 Å². The lowest BCUT2D eigenvalue weighted by Crippen LogP contribution is -2.14. The van der Waals surface area contributed by atoms with Gasteiger partial charge < -0.3 is 0 Å². The first-order chi connectivity index (χ1) is 53.2. The number of benzene rings is 12. The van der Waals surface area contributed by atoms with Gasteiger partial charge in [-0.05, 0) is 302 Å². The van der Waals surface area contributed by atoms with Crippen LogP contribution in [0.4, 0.5) is 0 Å². The van der Waals surface area contributed by atoms with Gasteiger partial charge in [-0.2, -0.15) is 0 Å². The molecule has 0 bridgehead atoms. The van der Waals surface area contributed by atoms with Crippen LogP contribution in [0.25, 0.3) is 66.1 Å². The van der Waals surface area contributed by atoms with Gasteiger partial charge in [0.15, 0.2) is 0 Å². The van der Waals surface area contributed by atoms with Gasteiger partial charge in [-0.15, -0.1) is 0 Å². The van der Waals surface area contributed by atoms with Gasteiger partial charge in [0.25, 0.3) is 0 Å². The number of aryl methyl sites for hydroxylation is 9. The molecule has 0 saturated heterocycles. The van der Waals surface area contributed by atoms with Crippen molar-refractivity contribution in [3.05, 3.63) is 330 Å². The predicted molar refractivity (Wildman–Crippen MR) is 516 cm³/mol. The Morgan fingerprint density at radius 1 is 0.191 bits per heavy atom. The van der Waals surface area contributed by atoms with Gasteiger partial charge in [-0.3, -0.25) is 0 Å². The quantitative estimate of drug-likeness (QED) is 0.149. The van der Waals surface area contributed by atoms with Crippen molar-refractivity contribution in [3.8, 4) is 44.5 Å². The van der Waals surface area contributed by atoms with Crippen LogP contribution in [-0.4, -0.2) is 0 Å². The third-order valence-electron chi connectivity index (χ3n) is 23.3. The third-order valence-corrected chi connectivity index (χ3v) is 23.3. The van der Waals surface area contributed by atoms with Gasteiger partial charge >= 0.3 is 0 Å². The second kappa shape index (κ2) is 37.6. The highest BCUT2D eigenvalue weighted by Crippen LogP contribution is 2.43. The van der Waals surface area contributed by atoms with E-state index in [1.54, 1.807) is 0 Å². The SMILES string of the molecule is Cc1c(C(C)(C)C)ccc2ccccc12.Cc1cc(-c2c(C(C)C)cccc2C(C)C)cc(C(C)(C)C)c1C.Cc1cc(C(C)(C)C)c(C)c2ccccc12.Cc1ccc(-c2c(C)cccc2C)cc1C(C)(C)C.Cc1ccc(-c2ccccc2C(C)(C)C)cc1C(C)(C)C.Cc1ccc(-c2ccccc2C(C)C)cc1C(C)(C)C. The van der Waals surface area contributed by atoms with E-state index in [0.717, 1.165) is 0 Å². The first-order valence-electron chi connectivity index (χ1n) is 43.0. The molecule has 0 saturated carbocycles. The van der Waals surface area contributed by atoms with Crippen LogP contribution in [0.5, 0.6) is 0 Å². The van der Waals surface area contributed by atoms with E-state index in [0.29, 0.717) is 17.8 Å². The summed E-state index contributed by atoms with van der Waals surface area (Å²) < 4.78 is 0. The second-order valence-corrected chi connectivity index (χ2v) is 41.4. The van der Waals surface area contributed by atoms with Crippen molar-refractivity contribution in [2.45, 2.75) is 312 Å². The summed E-state index contributed by atoms with van der Waals surface area (Å²) in [4.78, 5) is 0. The Balaban J connectivity index is 0.000000192. The maximum absolute atomic E-state index is 2.44. The average Bonchev–Trinajstić information content (AvgIpc) is 0.793. The number of hydrogen-bond donors (Lipinski definition) is 0. The van der Waals surface area contributed by atoms with Crippen LogP contribution in [0.1, 0.15) is 316 Å². The van der Waals surface area contributed by atoms with Gasteiger partial charge in [0.2, 0.25) is 0 Å². The van der Waals surface area contributed by atoms with Crippen molar-refractivity contribution in [3.63, 3.8) is 0 Å². The maximum Gasteiger partial charge on any atom is -0.0114 e. The maximum atomic E-state index is 2.44. The van der Waals surface area contributed by atoms with E-state index in [-0.39, 0.29) is 37.9 Å². The van der Waals surface area contributed by atoms with Crippen molar-refractivity contribution in [2.75, 3.05) is 0 Å².